The molecule has 0 aromatic carbocycles. The van der Waals surface area contributed by atoms with Gasteiger partial charge in [-0.25, -0.2) is 0 Å². The first kappa shape index (κ1) is 16.7. The number of amides is 1. The maximum Gasteiger partial charge on any atom is 0.272 e. The Bertz CT molecular complexity index is 438. The highest BCUT2D eigenvalue weighted by atomic mass is 16.3. The number of carbonyl (C=O) groups excluding carboxylic acids is 1. The number of aliphatic hydroxyl groups is 1. The molecule has 0 atom stereocenters. The van der Waals surface area contributed by atoms with Crippen molar-refractivity contribution >= 4 is 5.91 Å². The summed E-state index contributed by atoms with van der Waals surface area (Å²) in [5, 5.41) is 13.5. The Morgan fingerprint density at radius 1 is 1.40 bits per heavy atom. The lowest BCUT2D eigenvalue weighted by molar-refractivity contribution is 0.0680. The number of nitrogens with zero attached hydrogens (tertiary/aromatic N) is 3. The number of hydrogen-bond donors (Lipinski definition) is 1. The molecule has 1 aromatic rings. The Kier molecular flexibility index (Phi) is 6.20. The van der Waals surface area contributed by atoms with E-state index in [1.54, 1.807) is 9.58 Å². The van der Waals surface area contributed by atoms with Crippen LogP contribution in [0.4, 0.5) is 0 Å². The van der Waals surface area contributed by atoms with Crippen molar-refractivity contribution in [2.45, 2.75) is 59.5 Å². The Balaban J connectivity index is 3.04. The van der Waals surface area contributed by atoms with Gasteiger partial charge in [0, 0.05) is 25.7 Å². The third-order valence-electron chi connectivity index (χ3n) is 3.35. The highest BCUT2D eigenvalue weighted by Crippen LogP contribution is 2.17. The van der Waals surface area contributed by atoms with Gasteiger partial charge in [0.1, 0.15) is 5.69 Å². The van der Waals surface area contributed by atoms with E-state index in [0.29, 0.717) is 31.1 Å². The van der Waals surface area contributed by atoms with Crippen LogP contribution >= 0.6 is 0 Å². The quantitative estimate of drug-likeness (QED) is 0.834. The zero-order valence-corrected chi connectivity index (χ0v) is 13.3. The zero-order chi connectivity index (χ0) is 15.3. The third kappa shape index (κ3) is 3.82. The van der Waals surface area contributed by atoms with Crippen LogP contribution in [-0.2, 0) is 6.54 Å². The van der Waals surface area contributed by atoms with Crippen LogP contribution in [0.2, 0.25) is 0 Å². The van der Waals surface area contributed by atoms with E-state index in [-0.39, 0.29) is 18.6 Å². The van der Waals surface area contributed by atoms with Crippen molar-refractivity contribution in [2.75, 3.05) is 13.2 Å². The summed E-state index contributed by atoms with van der Waals surface area (Å²) in [4.78, 5) is 14.5. The molecule has 114 valence electrons. The minimum Gasteiger partial charge on any atom is -0.396 e. The van der Waals surface area contributed by atoms with Crippen molar-refractivity contribution in [1.82, 2.24) is 14.7 Å². The fourth-order valence-corrected chi connectivity index (χ4v) is 2.11. The van der Waals surface area contributed by atoms with Gasteiger partial charge in [-0.2, -0.15) is 5.10 Å². The molecule has 1 rings (SSSR count). The molecule has 0 fully saturated rings. The molecule has 0 unspecified atom stereocenters. The fraction of sp³-hybridized carbons (Fsp3) is 0.733. The van der Waals surface area contributed by atoms with E-state index in [9.17, 15) is 4.79 Å². The molecule has 0 saturated carbocycles. The standard InChI is InChI=1S/C15H27N3O2/c1-6-18-14(10-13(16-18)11(2)3)15(20)17(12(4)5)8-7-9-19/h10-12,19H,6-9H2,1-5H3. The highest BCUT2D eigenvalue weighted by Gasteiger charge is 2.23. The van der Waals surface area contributed by atoms with Gasteiger partial charge < -0.3 is 10.0 Å². The Morgan fingerprint density at radius 3 is 2.50 bits per heavy atom. The summed E-state index contributed by atoms with van der Waals surface area (Å²) in [5.74, 6) is 0.300. The second-order valence-corrected chi connectivity index (χ2v) is 5.59. The molecule has 0 spiro atoms. The second kappa shape index (κ2) is 7.43. The highest BCUT2D eigenvalue weighted by molar-refractivity contribution is 5.93. The third-order valence-corrected chi connectivity index (χ3v) is 3.35. The maximum absolute atomic E-state index is 12.7. The van der Waals surface area contributed by atoms with Crippen LogP contribution in [0.3, 0.4) is 0 Å². The van der Waals surface area contributed by atoms with Crippen LogP contribution < -0.4 is 0 Å². The second-order valence-electron chi connectivity index (χ2n) is 5.59. The fourth-order valence-electron chi connectivity index (χ4n) is 2.11. The molecule has 0 aliphatic carbocycles. The molecule has 5 nitrogen and oxygen atoms in total. The molecule has 20 heavy (non-hydrogen) atoms. The number of aryl methyl sites for hydroxylation is 1. The van der Waals surface area contributed by atoms with E-state index in [4.69, 9.17) is 5.11 Å². The number of aromatic nitrogens is 2. The number of hydrogen-bond acceptors (Lipinski definition) is 3. The van der Waals surface area contributed by atoms with Crippen molar-refractivity contribution in [3.05, 3.63) is 17.5 Å². The van der Waals surface area contributed by atoms with Crippen molar-refractivity contribution in [2.24, 2.45) is 0 Å². The molecule has 0 aliphatic heterocycles. The summed E-state index contributed by atoms with van der Waals surface area (Å²) in [6, 6.07) is 2.00. The molecular formula is C15H27N3O2. The average molecular weight is 281 g/mol. The van der Waals surface area contributed by atoms with Gasteiger partial charge in [-0.1, -0.05) is 13.8 Å². The monoisotopic (exact) mass is 281 g/mol. The van der Waals surface area contributed by atoms with Crippen LogP contribution in [0.5, 0.6) is 0 Å². The van der Waals surface area contributed by atoms with Gasteiger partial charge in [0.2, 0.25) is 0 Å². The lowest BCUT2D eigenvalue weighted by atomic mass is 10.1. The van der Waals surface area contributed by atoms with Crippen molar-refractivity contribution in [3.63, 3.8) is 0 Å². The molecule has 0 saturated heterocycles. The van der Waals surface area contributed by atoms with Gasteiger partial charge in [0.25, 0.3) is 5.91 Å². The van der Waals surface area contributed by atoms with Crippen molar-refractivity contribution in [3.8, 4) is 0 Å². The number of rotatable bonds is 7. The van der Waals surface area contributed by atoms with Gasteiger partial charge in [-0.05, 0) is 39.2 Å². The molecule has 0 radical (unpaired) electrons. The number of carbonyl (C=O) groups is 1. The summed E-state index contributed by atoms with van der Waals surface area (Å²) < 4.78 is 1.77. The minimum absolute atomic E-state index is 0.00491. The van der Waals surface area contributed by atoms with Crippen LogP contribution in [0.15, 0.2) is 6.07 Å². The van der Waals surface area contributed by atoms with E-state index < -0.39 is 0 Å². The van der Waals surface area contributed by atoms with Gasteiger partial charge in [-0.3, -0.25) is 9.48 Å². The summed E-state index contributed by atoms with van der Waals surface area (Å²) in [5.41, 5.74) is 1.59. The first-order valence-electron chi connectivity index (χ1n) is 7.41. The van der Waals surface area contributed by atoms with E-state index in [2.05, 4.69) is 18.9 Å². The molecule has 1 amide bonds. The number of aliphatic hydroxyl groups excluding tert-OH is 1. The predicted octanol–water partition coefficient (Wildman–Crippen LogP) is 2.26. The van der Waals surface area contributed by atoms with E-state index in [0.717, 1.165) is 5.69 Å². The van der Waals surface area contributed by atoms with Crippen LogP contribution in [0.25, 0.3) is 0 Å². The van der Waals surface area contributed by atoms with Crippen LogP contribution in [0.1, 0.15) is 63.1 Å². The minimum atomic E-state index is -0.00491. The lowest BCUT2D eigenvalue weighted by Gasteiger charge is -2.26. The Labute approximate surface area is 121 Å². The normalized spacial score (nSPS) is 11.4. The first-order valence-corrected chi connectivity index (χ1v) is 7.41. The molecule has 1 aromatic heterocycles. The summed E-state index contributed by atoms with van der Waals surface area (Å²) in [6.45, 7) is 11.5. The summed E-state index contributed by atoms with van der Waals surface area (Å²) in [6.07, 6.45) is 0.598. The summed E-state index contributed by atoms with van der Waals surface area (Å²) >= 11 is 0. The smallest absolute Gasteiger partial charge is 0.272 e. The molecule has 1 N–H and O–H groups in total. The Morgan fingerprint density at radius 2 is 2.05 bits per heavy atom. The molecule has 0 aliphatic rings. The molecule has 0 bridgehead atoms. The van der Waals surface area contributed by atoms with Gasteiger partial charge in [-0.15, -0.1) is 0 Å². The average Bonchev–Trinajstić information content (AvgIpc) is 2.82. The van der Waals surface area contributed by atoms with Crippen molar-refractivity contribution in [1.29, 1.82) is 0 Å². The van der Waals surface area contributed by atoms with E-state index in [1.807, 2.05) is 26.8 Å². The first-order chi connectivity index (χ1) is 9.42. The molecule has 1 heterocycles. The lowest BCUT2D eigenvalue weighted by Crippen LogP contribution is -2.39. The SMILES string of the molecule is CCn1nc(C(C)C)cc1C(=O)N(CCCO)C(C)C. The van der Waals surface area contributed by atoms with Crippen LogP contribution in [-0.4, -0.2) is 44.9 Å². The maximum atomic E-state index is 12.7. The van der Waals surface area contributed by atoms with Gasteiger partial charge >= 0.3 is 0 Å². The largest absolute Gasteiger partial charge is 0.396 e. The summed E-state index contributed by atoms with van der Waals surface area (Å²) in [7, 11) is 0. The van der Waals surface area contributed by atoms with Gasteiger partial charge in [0.15, 0.2) is 0 Å². The van der Waals surface area contributed by atoms with E-state index >= 15 is 0 Å². The van der Waals surface area contributed by atoms with Crippen molar-refractivity contribution < 1.29 is 9.90 Å². The zero-order valence-electron chi connectivity index (χ0n) is 13.3. The molecular weight excluding hydrogens is 254 g/mol. The predicted molar refractivity (Wildman–Crippen MR) is 79.9 cm³/mol. The van der Waals surface area contributed by atoms with E-state index in [1.165, 1.54) is 0 Å². The van der Waals surface area contributed by atoms with Crippen LogP contribution in [0, 0.1) is 0 Å². The Hall–Kier alpha value is -1.36. The molecule has 5 heteroatoms. The topological polar surface area (TPSA) is 58.4 Å². The van der Waals surface area contributed by atoms with Gasteiger partial charge in [0.05, 0.1) is 5.69 Å².